The maximum absolute atomic E-state index is 11.6. The topological polar surface area (TPSA) is 117 Å². The molecule has 8 nitrogen and oxygen atoms in total. The molecule has 0 radical (unpaired) electrons. The van der Waals surface area contributed by atoms with Crippen LogP contribution in [-0.4, -0.2) is 70.1 Å². The summed E-state index contributed by atoms with van der Waals surface area (Å²) in [6.07, 6.45) is 2.76. The zero-order chi connectivity index (χ0) is 18.9. The highest BCUT2D eigenvalue weighted by Gasteiger charge is 2.48. The first-order valence-electron chi connectivity index (χ1n) is 8.94. The number of carboxylic acids is 1. The van der Waals surface area contributed by atoms with Crippen LogP contribution in [0.15, 0.2) is 0 Å². The number of aliphatic carboxylic acids is 1. The molecule has 2 amide bonds. The summed E-state index contributed by atoms with van der Waals surface area (Å²) >= 11 is 1.77. The van der Waals surface area contributed by atoms with Gasteiger partial charge in [-0.2, -0.15) is 11.8 Å². The van der Waals surface area contributed by atoms with Crippen LogP contribution in [0.2, 0.25) is 0 Å². The summed E-state index contributed by atoms with van der Waals surface area (Å²) in [5, 5.41) is 24.2. The van der Waals surface area contributed by atoms with Crippen molar-refractivity contribution < 1.29 is 29.3 Å². The monoisotopic (exact) mass is 406 g/mol. The Kier molecular flexibility index (Phi) is 6.34. The quantitative estimate of drug-likeness (QED) is 0.364. The van der Waals surface area contributed by atoms with Gasteiger partial charge < -0.3 is 30.3 Å². The molecular formula is C16H27N2O6PS. The number of hydrogen-bond acceptors (Lipinski definition) is 6. The smallest absolute Gasteiger partial charge is 0.339 e. The van der Waals surface area contributed by atoms with Gasteiger partial charge in [-0.05, 0) is 32.1 Å². The highest BCUT2D eigenvalue weighted by Crippen LogP contribution is 2.41. The van der Waals surface area contributed by atoms with Crippen LogP contribution < -0.4 is 10.6 Å². The number of urea groups is 1. The Hall–Kier alpha value is -0.600. The number of aliphatic hydroxyl groups is 1. The highest BCUT2D eigenvalue weighted by molar-refractivity contribution is 8.00. The largest absolute Gasteiger partial charge is 0.479 e. The molecule has 3 rings (SSSR count). The van der Waals surface area contributed by atoms with Crippen molar-refractivity contribution in [2.75, 3.05) is 12.9 Å². The van der Waals surface area contributed by atoms with Gasteiger partial charge in [0.25, 0.3) is 0 Å². The van der Waals surface area contributed by atoms with Crippen molar-refractivity contribution in [3.63, 3.8) is 0 Å². The van der Waals surface area contributed by atoms with Gasteiger partial charge in [-0.1, -0.05) is 9.24 Å². The van der Waals surface area contributed by atoms with E-state index in [1.807, 2.05) is 0 Å². The van der Waals surface area contributed by atoms with Gasteiger partial charge in [0.1, 0.15) is 0 Å². The van der Waals surface area contributed by atoms with E-state index >= 15 is 0 Å². The Morgan fingerprint density at radius 1 is 1.50 bits per heavy atom. The van der Waals surface area contributed by atoms with Crippen molar-refractivity contribution >= 4 is 33.0 Å². The molecule has 0 spiro atoms. The second-order valence-corrected chi connectivity index (χ2v) is 9.36. The fourth-order valence-corrected chi connectivity index (χ4v) is 6.02. The van der Waals surface area contributed by atoms with Gasteiger partial charge >= 0.3 is 12.0 Å². The zero-order valence-electron chi connectivity index (χ0n) is 14.7. The lowest BCUT2D eigenvalue weighted by Crippen LogP contribution is -2.49. The number of amides is 2. The number of hydrogen-bond donors (Lipinski definition) is 4. The Morgan fingerprint density at radius 3 is 2.96 bits per heavy atom. The average molecular weight is 406 g/mol. The molecule has 8 atom stereocenters. The Labute approximate surface area is 159 Å². The molecule has 0 aromatic carbocycles. The van der Waals surface area contributed by atoms with Gasteiger partial charge in [0.2, 0.25) is 0 Å². The van der Waals surface area contributed by atoms with Crippen LogP contribution in [0.1, 0.15) is 32.1 Å². The van der Waals surface area contributed by atoms with E-state index in [4.69, 9.17) is 9.47 Å². The van der Waals surface area contributed by atoms with Gasteiger partial charge in [0, 0.05) is 24.0 Å². The van der Waals surface area contributed by atoms with E-state index in [0.717, 1.165) is 18.6 Å². The van der Waals surface area contributed by atoms with E-state index in [9.17, 15) is 19.8 Å². The summed E-state index contributed by atoms with van der Waals surface area (Å²) in [4.78, 5) is 23.2. The molecule has 3 aliphatic rings. The minimum atomic E-state index is -1.96. The van der Waals surface area contributed by atoms with Crippen LogP contribution in [0.25, 0.3) is 0 Å². The van der Waals surface area contributed by atoms with Gasteiger partial charge in [-0.3, -0.25) is 0 Å². The number of nitrogens with one attached hydrogen (secondary N) is 2. The van der Waals surface area contributed by atoms with Crippen LogP contribution in [0, 0.1) is 5.92 Å². The summed E-state index contributed by atoms with van der Waals surface area (Å²) in [7, 11) is 3.66. The average Bonchev–Trinajstić information content (AvgIpc) is 3.14. The zero-order valence-corrected chi connectivity index (χ0v) is 16.7. The van der Waals surface area contributed by atoms with Crippen LogP contribution in [0.3, 0.4) is 0 Å². The van der Waals surface area contributed by atoms with Crippen molar-refractivity contribution in [3.05, 3.63) is 0 Å². The first kappa shape index (κ1) is 20.1. The summed E-state index contributed by atoms with van der Waals surface area (Å²) in [6.45, 7) is 0. The van der Waals surface area contributed by atoms with Gasteiger partial charge in [-0.15, -0.1) is 0 Å². The lowest BCUT2D eigenvalue weighted by atomic mass is 9.85. The standard InChI is InChI=1S/C16H27N2O6PS/c1-23-12-4-2-3-10(24-12)8(16(22,25)14(19)20)5-6-11-13-9(7-26-11)17-15(21)18-13/h8-13,22H,2-7,25H2,1H3,(H,19,20)(H2,17,18,21)/t8?,9-,10?,11-,12?,13-,16?/m0/s1. The molecule has 0 aromatic heterocycles. The van der Waals surface area contributed by atoms with Crippen LogP contribution >= 0.6 is 21.0 Å². The number of rotatable bonds is 7. The van der Waals surface area contributed by atoms with E-state index < -0.39 is 17.2 Å². The maximum atomic E-state index is 11.6. The molecule has 3 saturated heterocycles. The summed E-state index contributed by atoms with van der Waals surface area (Å²) in [5.41, 5.74) is 0. The van der Waals surface area contributed by atoms with Crippen molar-refractivity contribution in [2.24, 2.45) is 5.92 Å². The predicted octanol–water partition coefficient (Wildman–Crippen LogP) is 0.738. The van der Waals surface area contributed by atoms with E-state index in [-0.39, 0.29) is 35.8 Å². The van der Waals surface area contributed by atoms with E-state index in [1.54, 1.807) is 18.9 Å². The highest BCUT2D eigenvalue weighted by atomic mass is 32.2. The number of carbonyl (C=O) groups is 2. The molecule has 0 bridgehead atoms. The van der Waals surface area contributed by atoms with Crippen LogP contribution in [0.5, 0.6) is 0 Å². The third-order valence-electron chi connectivity index (χ3n) is 5.57. The molecule has 0 aromatic rings. The van der Waals surface area contributed by atoms with E-state index in [2.05, 4.69) is 19.9 Å². The number of thioether (sulfide) groups is 1. The molecule has 5 unspecified atom stereocenters. The summed E-state index contributed by atoms with van der Waals surface area (Å²) < 4.78 is 11.2. The molecule has 10 heteroatoms. The minimum Gasteiger partial charge on any atom is -0.479 e. The number of fused-ring (bicyclic) bond motifs is 1. The van der Waals surface area contributed by atoms with Crippen molar-refractivity contribution in [1.29, 1.82) is 0 Å². The third-order valence-corrected chi connectivity index (χ3v) is 7.76. The lowest BCUT2D eigenvalue weighted by Gasteiger charge is -2.39. The molecule has 0 aliphatic carbocycles. The second-order valence-electron chi connectivity index (χ2n) is 7.21. The molecule has 148 valence electrons. The number of carbonyl (C=O) groups excluding carboxylic acids is 1. The molecule has 26 heavy (non-hydrogen) atoms. The SMILES string of the molecule is COC1CCCC(C(CC[C@@H]2SC[C@@H]3NC(=O)N[C@@H]32)C(O)(P)C(=O)O)O1. The van der Waals surface area contributed by atoms with Gasteiger partial charge in [0.05, 0.1) is 18.2 Å². The second kappa shape index (κ2) is 8.19. The molecule has 4 N–H and O–H groups in total. The van der Waals surface area contributed by atoms with Crippen LogP contribution in [-0.2, 0) is 14.3 Å². The number of ether oxygens (including phenoxy) is 2. The Balaban J connectivity index is 1.68. The Bertz CT molecular complexity index is 551. The third kappa shape index (κ3) is 4.12. The van der Waals surface area contributed by atoms with Crippen molar-refractivity contribution in [2.45, 2.75) is 67.2 Å². The summed E-state index contributed by atoms with van der Waals surface area (Å²) in [5.74, 6) is -1.01. The molecule has 3 aliphatic heterocycles. The normalized spacial score (nSPS) is 37.3. The van der Waals surface area contributed by atoms with Gasteiger partial charge in [0.15, 0.2) is 11.6 Å². The Morgan fingerprint density at radius 2 is 2.27 bits per heavy atom. The minimum absolute atomic E-state index is 0.0505. The fourth-order valence-electron chi connectivity index (χ4n) is 4.12. The molecular weight excluding hydrogens is 379 g/mol. The maximum Gasteiger partial charge on any atom is 0.339 e. The predicted molar refractivity (Wildman–Crippen MR) is 100 cm³/mol. The first-order valence-corrected chi connectivity index (χ1v) is 10.6. The lowest BCUT2D eigenvalue weighted by molar-refractivity contribution is -0.209. The molecule has 3 heterocycles. The van der Waals surface area contributed by atoms with Crippen molar-refractivity contribution in [3.8, 4) is 0 Å². The first-order chi connectivity index (χ1) is 12.3. The molecule has 3 fully saturated rings. The fraction of sp³-hybridized carbons (Fsp3) is 0.875. The van der Waals surface area contributed by atoms with Gasteiger partial charge in [-0.25, -0.2) is 9.59 Å². The van der Waals surface area contributed by atoms with Crippen LogP contribution in [0.4, 0.5) is 4.79 Å². The van der Waals surface area contributed by atoms with E-state index in [0.29, 0.717) is 19.3 Å². The molecule has 0 saturated carbocycles. The van der Waals surface area contributed by atoms with E-state index in [1.165, 1.54) is 0 Å². The summed E-state index contributed by atoms with van der Waals surface area (Å²) in [6, 6.07) is 0.0252. The van der Waals surface area contributed by atoms with Crippen molar-refractivity contribution in [1.82, 2.24) is 10.6 Å². The number of methoxy groups -OCH3 is 1. The number of carboxylic acid groups (broad SMARTS) is 1.